The maximum atomic E-state index is 4.32. The zero-order chi connectivity index (χ0) is 12.6. The maximum absolute atomic E-state index is 4.32. The highest BCUT2D eigenvalue weighted by atomic mass is 32.1. The Balaban J connectivity index is 1.59. The first-order chi connectivity index (χ1) is 8.86. The lowest BCUT2D eigenvalue weighted by molar-refractivity contribution is 0.544. The van der Waals surface area contributed by atoms with Gasteiger partial charge in [0.25, 0.3) is 0 Å². The molecular formula is C15H20N2S. The highest BCUT2D eigenvalue weighted by Crippen LogP contribution is 2.14. The first-order valence-electron chi connectivity index (χ1n) is 6.53. The topological polar surface area (TPSA) is 24.9 Å². The highest BCUT2D eigenvalue weighted by molar-refractivity contribution is 7.09. The Kier molecular flexibility index (Phi) is 5.36. The second kappa shape index (κ2) is 7.29. The van der Waals surface area contributed by atoms with Crippen molar-refractivity contribution in [2.24, 2.45) is 0 Å². The number of hydrogen-bond donors (Lipinski definition) is 1. The van der Waals surface area contributed by atoms with Crippen molar-refractivity contribution < 1.29 is 0 Å². The second-order valence-corrected chi connectivity index (χ2v) is 5.42. The van der Waals surface area contributed by atoms with Crippen molar-refractivity contribution in [2.45, 2.75) is 32.2 Å². The minimum absolute atomic E-state index is 0.377. The first kappa shape index (κ1) is 13.2. The fraction of sp³-hybridized carbons (Fsp3) is 0.400. The summed E-state index contributed by atoms with van der Waals surface area (Å²) < 4.78 is 0. The van der Waals surface area contributed by atoms with Crippen LogP contribution in [-0.2, 0) is 6.42 Å². The van der Waals surface area contributed by atoms with Gasteiger partial charge < -0.3 is 5.32 Å². The van der Waals surface area contributed by atoms with E-state index in [0.29, 0.717) is 6.04 Å². The van der Waals surface area contributed by atoms with E-state index in [2.05, 4.69) is 47.6 Å². The van der Waals surface area contributed by atoms with Crippen molar-refractivity contribution in [3.05, 3.63) is 52.5 Å². The van der Waals surface area contributed by atoms with Gasteiger partial charge in [-0.15, -0.1) is 11.3 Å². The molecule has 1 aromatic carbocycles. The number of hydrogen-bond acceptors (Lipinski definition) is 3. The molecule has 2 aromatic rings. The van der Waals surface area contributed by atoms with Gasteiger partial charge >= 0.3 is 0 Å². The van der Waals surface area contributed by atoms with E-state index in [9.17, 15) is 0 Å². The molecule has 1 atom stereocenters. The summed E-state index contributed by atoms with van der Waals surface area (Å²) in [6, 6.07) is 11.1. The van der Waals surface area contributed by atoms with Gasteiger partial charge in [0.05, 0.1) is 6.04 Å². The van der Waals surface area contributed by atoms with Crippen LogP contribution in [0.25, 0.3) is 0 Å². The normalized spacial score (nSPS) is 12.5. The number of nitrogens with one attached hydrogen (secondary N) is 1. The third-order valence-corrected chi connectivity index (χ3v) is 3.97. The first-order valence-corrected chi connectivity index (χ1v) is 7.41. The molecule has 96 valence electrons. The Hall–Kier alpha value is -1.19. The van der Waals surface area contributed by atoms with Gasteiger partial charge in [0.1, 0.15) is 5.01 Å². The number of benzene rings is 1. The van der Waals surface area contributed by atoms with Crippen LogP contribution < -0.4 is 5.32 Å². The fourth-order valence-electron chi connectivity index (χ4n) is 1.95. The van der Waals surface area contributed by atoms with E-state index in [-0.39, 0.29) is 0 Å². The average molecular weight is 260 g/mol. The lowest BCUT2D eigenvalue weighted by Crippen LogP contribution is -2.19. The smallest absolute Gasteiger partial charge is 0.109 e. The van der Waals surface area contributed by atoms with Crippen LogP contribution in [0.15, 0.2) is 41.9 Å². The van der Waals surface area contributed by atoms with Crippen LogP contribution >= 0.6 is 11.3 Å². The van der Waals surface area contributed by atoms with Gasteiger partial charge in [-0.1, -0.05) is 30.3 Å². The summed E-state index contributed by atoms with van der Waals surface area (Å²) >= 11 is 1.72. The lowest BCUT2D eigenvalue weighted by atomic mass is 10.1. The van der Waals surface area contributed by atoms with E-state index >= 15 is 0 Å². The molecule has 0 saturated carbocycles. The molecule has 0 aliphatic heterocycles. The SMILES string of the molecule is CC(NCCCCc1ccccc1)c1nccs1. The van der Waals surface area contributed by atoms with Gasteiger partial charge in [0.2, 0.25) is 0 Å². The number of nitrogens with zero attached hydrogens (tertiary/aromatic N) is 1. The van der Waals surface area contributed by atoms with Gasteiger partial charge in [-0.2, -0.15) is 0 Å². The molecule has 0 bridgehead atoms. The zero-order valence-electron chi connectivity index (χ0n) is 10.8. The summed E-state index contributed by atoms with van der Waals surface area (Å²) in [6.45, 7) is 3.24. The van der Waals surface area contributed by atoms with Crippen molar-refractivity contribution in [3.8, 4) is 0 Å². The van der Waals surface area contributed by atoms with Crippen LogP contribution in [0.4, 0.5) is 0 Å². The van der Waals surface area contributed by atoms with E-state index in [1.807, 2.05) is 11.6 Å². The minimum atomic E-state index is 0.377. The predicted octanol–water partition coefficient (Wildman–Crippen LogP) is 3.82. The Morgan fingerprint density at radius 1 is 1.22 bits per heavy atom. The largest absolute Gasteiger partial charge is 0.308 e. The molecule has 1 aromatic heterocycles. The molecule has 0 aliphatic carbocycles. The number of unbranched alkanes of at least 4 members (excludes halogenated alkanes) is 1. The molecule has 1 unspecified atom stereocenters. The number of aromatic nitrogens is 1. The molecular weight excluding hydrogens is 240 g/mol. The Labute approximate surface area is 113 Å². The Bertz CT molecular complexity index is 425. The van der Waals surface area contributed by atoms with E-state index in [1.54, 1.807) is 11.3 Å². The van der Waals surface area contributed by atoms with Crippen molar-refractivity contribution >= 4 is 11.3 Å². The van der Waals surface area contributed by atoms with Gasteiger partial charge in [-0.3, -0.25) is 0 Å². The van der Waals surface area contributed by atoms with Crippen molar-refractivity contribution in [2.75, 3.05) is 6.54 Å². The van der Waals surface area contributed by atoms with Gasteiger partial charge in [0, 0.05) is 11.6 Å². The third kappa shape index (κ3) is 4.24. The van der Waals surface area contributed by atoms with E-state index < -0.39 is 0 Å². The maximum Gasteiger partial charge on any atom is 0.109 e. The molecule has 1 heterocycles. The standard InChI is InChI=1S/C15H20N2S/c1-13(15-17-11-12-18-15)16-10-6-5-9-14-7-3-2-4-8-14/h2-4,7-8,11-13,16H,5-6,9-10H2,1H3. The molecule has 0 spiro atoms. The molecule has 1 N–H and O–H groups in total. The molecule has 0 fully saturated rings. The number of rotatable bonds is 7. The molecule has 18 heavy (non-hydrogen) atoms. The molecule has 0 radical (unpaired) electrons. The van der Waals surface area contributed by atoms with Crippen LogP contribution in [0.3, 0.4) is 0 Å². The van der Waals surface area contributed by atoms with E-state index in [4.69, 9.17) is 0 Å². The minimum Gasteiger partial charge on any atom is -0.308 e. The monoisotopic (exact) mass is 260 g/mol. The van der Waals surface area contributed by atoms with Crippen LogP contribution in [0.2, 0.25) is 0 Å². The lowest BCUT2D eigenvalue weighted by Gasteiger charge is -2.10. The van der Waals surface area contributed by atoms with Gasteiger partial charge in [-0.05, 0) is 38.3 Å². The van der Waals surface area contributed by atoms with E-state index in [0.717, 1.165) is 6.54 Å². The van der Waals surface area contributed by atoms with Gasteiger partial charge in [0.15, 0.2) is 0 Å². The van der Waals surface area contributed by atoms with Crippen molar-refractivity contribution in [3.63, 3.8) is 0 Å². The van der Waals surface area contributed by atoms with Crippen LogP contribution in [0, 0.1) is 0 Å². The summed E-state index contributed by atoms with van der Waals surface area (Å²) in [6.07, 6.45) is 5.49. The van der Waals surface area contributed by atoms with Gasteiger partial charge in [-0.25, -0.2) is 4.98 Å². The zero-order valence-corrected chi connectivity index (χ0v) is 11.6. The van der Waals surface area contributed by atoms with Crippen LogP contribution in [-0.4, -0.2) is 11.5 Å². The predicted molar refractivity (Wildman–Crippen MR) is 77.9 cm³/mol. The summed E-state index contributed by atoms with van der Waals surface area (Å²) in [4.78, 5) is 4.32. The second-order valence-electron chi connectivity index (χ2n) is 4.49. The van der Waals surface area contributed by atoms with Crippen molar-refractivity contribution in [1.29, 1.82) is 0 Å². The fourth-order valence-corrected chi connectivity index (χ4v) is 2.62. The third-order valence-electron chi connectivity index (χ3n) is 3.01. The molecule has 0 aliphatic rings. The van der Waals surface area contributed by atoms with Crippen LogP contribution in [0.1, 0.15) is 36.4 Å². The summed E-state index contributed by atoms with van der Waals surface area (Å²) in [5.74, 6) is 0. The number of aryl methyl sites for hydroxylation is 1. The quantitative estimate of drug-likeness (QED) is 0.766. The molecule has 2 rings (SSSR count). The molecule has 3 heteroatoms. The van der Waals surface area contributed by atoms with Crippen LogP contribution in [0.5, 0.6) is 0 Å². The Morgan fingerprint density at radius 2 is 2.06 bits per heavy atom. The number of thiazole rings is 1. The average Bonchev–Trinajstić information content (AvgIpc) is 2.93. The summed E-state index contributed by atoms with van der Waals surface area (Å²) in [5.41, 5.74) is 1.44. The summed E-state index contributed by atoms with van der Waals surface area (Å²) in [7, 11) is 0. The Morgan fingerprint density at radius 3 is 2.78 bits per heavy atom. The molecule has 0 amide bonds. The molecule has 0 saturated heterocycles. The highest BCUT2D eigenvalue weighted by Gasteiger charge is 2.05. The van der Waals surface area contributed by atoms with Crippen molar-refractivity contribution in [1.82, 2.24) is 10.3 Å². The molecule has 2 nitrogen and oxygen atoms in total. The summed E-state index contributed by atoms with van der Waals surface area (Å²) in [5, 5.41) is 6.73. The van der Waals surface area contributed by atoms with E-state index in [1.165, 1.54) is 29.8 Å².